The predicted octanol–water partition coefficient (Wildman–Crippen LogP) is 4.44. The van der Waals surface area contributed by atoms with E-state index >= 15 is 0 Å². The number of nitrogens with zero attached hydrogens (tertiary/aromatic N) is 5. The molecule has 0 unspecified atom stereocenters. The summed E-state index contributed by atoms with van der Waals surface area (Å²) in [5.41, 5.74) is 2.19. The van der Waals surface area contributed by atoms with E-state index in [1.807, 2.05) is 4.57 Å². The maximum absolute atomic E-state index is 10.7. The van der Waals surface area contributed by atoms with Crippen LogP contribution < -0.4 is 4.90 Å². The van der Waals surface area contributed by atoms with Crippen LogP contribution in [0.2, 0.25) is 0 Å². The summed E-state index contributed by atoms with van der Waals surface area (Å²) in [7, 11) is 0. The minimum Gasteiger partial charge on any atom is -0.401 e. The zero-order valence-corrected chi connectivity index (χ0v) is 16.1. The van der Waals surface area contributed by atoms with Crippen molar-refractivity contribution < 1.29 is 9.34 Å². The van der Waals surface area contributed by atoms with E-state index in [0.29, 0.717) is 5.76 Å². The van der Waals surface area contributed by atoms with Crippen LogP contribution in [-0.4, -0.2) is 32.8 Å². The smallest absolute Gasteiger partial charge is 0.401 e. The number of rotatable bonds is 6. The fourth-order valence-corrected chi connectivity index (χ4v) is 3.78. The molecule has 0 radical (unpaired) electrons. The summed E-state index contributed by atoms with van der Waals surface area (Å²) in [6, 6.07) is 11.1. The van der Waals surface area contributed by atoms with Gasteiger partial charge in [-0.3, -0.25) is 14.7 Å². The van der Waals surface area contributed by atoms with Crippen LogP contribution >= 0.6 is 11.8 Å². The second-order valence-corrected chi connectivity index (χ2v) is 7.37. The molecule has 1 fully saturated rings. The number of furan rings is 1. The van der Waals surface area contributed by atoms with Gasteiger partial charge in [0.2, 0.25) is 11.1 Å². The van der Waals surface area contributed by atoms with Gasteiger partial charge in [-0.15, -0.1) is 10.2 Å². The molecule has 3 aromatic rings. The van der Waals surface area contributed by atoms with Crippen molar-refractivity contribution in [2.75, 3.05) is 18.0 Å². The first-order chi connectivity index (χ1) is 13.6. The summed E-state index contributed by atoms with van der Waals surface area (Å²) < 4.78 is 7.19. The molecule has 0 atom stereocenters. The van der Waals surface area contributed by atoms with Gasteiger partial charge in [0.05, 0.1) is 11.8 Å². The molecular formula is C19H19N5O3S. The van der Waals surface area contributed by atoms with Gasteiger partial charge in [0.25, 0.3) is 0 Å². The second kappa shape index (κ2) is 7.89. The highest BCUT2D eigenvalue weighted by molar-refractivity contribution is 8.02. The molecule has 1 aliphatic heterocycles. The normalized spacial score (nSPS) is 14.2. The number of thioether (sulfide) groups is 1. The van der Waals surface area contributed by atoms with Crippen LogP contribution in [0.15, 0.2) is 51.4 Å². The molecule has 1 saturated heterocycles. The Hall–Kier alpha value is -3.07. The van der Waals surface area contributed by atoms with E-state index in [9.17, 15) is 10.1 Å². The Labute approximate surface area is 166 Å². The van der Waals surface area contributed by atoms with E-state index in [0.717, 1.165) is 42.7 Å². The molecular weight excluding hydrogens is 378 g/mol. The first-order valence-corrected chi connectivity index (χ1v) is 9.84. The Morgan fingerprint density at radius 3 is 2.57 bits per heavy atom. The van der Waals surface area contributed by atoms with Gasteiger partial charge < -0.3 is 9.32 Å². The molecule has 0 spiro atoms. The summed E-state index contributed by atoms with van der Waals surface area (Å²) >= 11 is 1.39. The molecule has 8 nitrogen and oxygen atoms in total. The van der Waals surface area contributed by atoms with Crippen molar-refractivity contribution in [1.29, 1.82) is 0 Å². The molecule has 3 heterocycles. The largest absolute Gasteiger partial charge is 0.433 e. The molecule has 9 heteroatoms. The molecule has 28 heavy (non-hydrogen) atoms. The van der Waals surface area contributed by atoms with Crippen LogP contribution in [0, 0.1) is 17.0 Å². The molecule has 0 amide bonds. The molecule has 0 saturated carbocycles. The Morgan fingerprint density at radius 1 is 1.14 bits per heavy atom. The SMILES string of the molecule is Cc1ccc(-n2c(S/C=C/c3ccc([N+](=O)[O-])o3)nnc2N2CCCC2)cc1. The summed E-state index contributed by atoms with van der Waals surface area (Å²) in [5.74, 6) is 0.982. The lowest BCUT2D eigenvalue weighted by molar-refractivity contribution is -0.402. The number of hydrogen-bond acceptors (Lipinski definition) is 7. The van der Waals surface area contributed by atoms with Gasteiger partial charge >= 0.3 is 5.88 Å². The lowest BCUT2D eigenvalue weighted by Crippen LogP contribution is -2.21. The van der Waals surface area contributed by atoms with Gasteiger partial charge in [0.1, 0.15) is 10.7 Å². The third-order valence-electron chi connectivity index (χ3n) is 4.50. The summed E-state index contributed by atoms with van der Waals surface area (Å²) in [4.78, 5) is 12.4. The topological polar surface area (TPSA) is 90.2 Å². The van der Waals surface area contributed by atoms with Crippen LogP contribution in [-0.2, 0) is 0 Å². The van der Waals surface area contributed by atoms with Crippen LogP contribution in [0.3, 0.4) is 0 Å². The highest BCUT2D eigenvalue weighted by Crippen LogP contribution is 2.30. The Morgan fingerprint density at radius 2 is 1.89 bits per heavy atom. The summed E-state index contributed by atoms with van der Waals surface area (Å²) in [6.07, 6.45) is 3.99. The fraction of sp³-hybridized carbons (Fsp3) is 0.263. The highest BCUT2D eigenvalue weighted by Gasteiger charge is 2.22. The summed E-state index contributed by atoms with van der Waals surface area (Å²) in [6.45, 7) is 4.00. The zero-order valence-electron chi connectivity index (χ0n) is 15.3. The first-order valence-electron chi connectivity index (χ1n) is 8.96. The maximum Gasteiger partial charge on any atom is 0.433 e. The minimum atomic E-state index is -0.555. The lowest BCUT2D eigenvalue weighted by Gasteiger charge is -2.18. The number of nitro groups is 1. The second-order valence-electron chi connectivity index (χ2n) is 6.50. The number of anilines is 1. The van der Waals surface area contributed by atoms with Gasteiger partial charge in [-0.2, -0.15) is 0 Å². The van der Waals surface area contributed by atoms with Crippen molar-refractivity contribution in [3.8, 4) is 5.69 Å². The average molecular weight is 397 g/mol. The standard InChI is InChI=1S/C19H19N5O3S/c1-14-4-6-15(7-5-14)23-18(22-11-2-3-12-22)20-21-19(23)28-13-10-16-8-9-17(27-16)24(25)26/h4-10,13H,2-3,11-12H2,1H3/b13-10+. The van der Waals surface area contributed by atoms with E-state index in [2.05, 4.69) is 46.3 Å². The van der Waals surface area contributed by atoms with Gasteiger partial charge in [-0.1, -0.05) is 29.5 Å². The number of aromatic nitrogens is 3. The monoisotopic (exact) mass is 397 g/mol. The van der Waals surface area contributed by atoms with Crippen molar-refractivity contribution in [2.24, 2.45) is 0 Å². The zero-order chi connectivity index (χ0) is 19.5. The van der Waals surface area contributed by atoms with Crippen molar-refractivity contribution in [2.45, 2.75) is 24.9 Å². The van der Waals surface area contributed by atoms with Gasteiger partial charge in [0.15, 0.2) is 0 Å². The molecule has 2 aromatic heterocycles. The Balaban J connectivity index is 1.61. The van der Waals surface area contributed by atoms with Crippen LogP contribution in [0.1, 0.15) is 24.2 Å². The molecule has 4 rings (SSSR count). The van der Waals surface area contributed by atoms with Gasteiger partial charge in [-0.05, 0) is 49.4 Å². The van der Waals surface area contributed by atoms with Gasteiger partial charge in [0, 0.05) is 13.1 Å². The number of hydrogen-bond donors (Lipinski definition) is 0. The fourth-order valence-electron chi connectivity index (χ4n) is 3.07. The molecule has 0 N–H and O–H groups in total. The van der Waals surface area contributed by atoms with E-state index in [4.69, 9.17) is 4.42 Å². The molecule has 144 valence electrons. The molecule has 1 aliphatic rings. The van der Waals surface area contributed by atoms with Gasteiger partial charge in [-0.25, -0.2) is 0 Å². The number of benzene rings is 1. The Kier molecular flexibility index (Phi) is 5.16. The maximum atomic E-state index is 10.7. The van der Waals surface area contributed by atoms with E-state index in [1.165, 1.54) is 23.4 Å². The van der Waals surface area contributed by atoms with Crippen LogP contribution in [0.4, 0.5) is 11.8 Å². The Bertz CT molecular complexity index is 1000. The highest BCUT2D eigenvalue weighted by atomic mass is 32.2. The van der Waals surface area contributed by atoms with Crippen LogP contribution in [0.25, 0.3) is 11.8 Å². The third kappa shape index (κ3) is 3.79. The number of aryl methyl sites for hydroxylation is 1. The quantitative estimate of drug-likeness (QED) is 0.345. The lowest BCUT2D eigenvalue weighted by atomic mass is 10.2. The van der Waals surface area contributed by atoms with Crippen molar-refractivity contribution in [1.82, 2.24) is 14.8 Å². The third-order valence-corrected chi connectivity index (χ3v) is 5.24. The molecule has 0 aliphatic carbocycles. The summed E-state index contributed by atoms with van der Waals surface area (Å²) in [5, 5.41) is 22.0. The molecule has 0 bridgehead atoms. The average Bonchev–Trinajstić information content (AvgIpc) is 3.43. The first kappa shape index (κ1) is 18.3. The minimum absolute atomic E-state index is 0.274. The van der Waals surface area contributed by atoms with Crippen molar-refractivity contribution >= 4 is 29.7 Å². The van der Waals surface area contributed by atoms with Crippen LogP contribution in [0.5, 0.6) is 0 Å². The molecule has 1 aromatic carbocycles. The van der Waals surface area contributed by atoms with E-state index in [-0.39, 0.29) is 5.88 Å². The van der Waals surface area contributed by atoms with Crippen molar-refractivity contribution in [3.05, 3.63) is 63.2 Å². The predicted molar refractivity (Wildman–Crippen MR) is 108 cm³/mol. The van der Waals surface area contributed by atoms with E-state index < -0.39 is 4.92 Å². The van der Waals surface area contributed by atoms with Crippen molar-refractivity contribution in [3.63, 3.8) is 0 Å². The van der Waals surface area contributed by atoms with E-state index in [1.54, 1.807) is 17.6 Å².